The number of rotatable bonds is 2. The van der Waals surface area contributed by atoms with Gasteiger partial charge in [0.25, 0.3) is 0 Å². The molecule has 19 heavy (non-hydrogen) atoms. The molecule has 1 aromatic carbocycles. The van der Waals surface area contributed by atoms with E-state index in [0.29, 0.717) is 19.3 Å². The van der Waals surface area contributed by atoms with Gasteiger partial charge < -0.3 is 14.8 Å². The lowest BCUT2D eigenvalue weighted by atomic mass is 9.86. The highest BCUT2D eigenvalue weighted by atomic mass is 35.5. The first-order valence-corrected chi connectivity index (χ1v) is 7.28. The zero-order valence-corrected chi connectivity index (χ0v) is 12.4. The number of fused-ring (bicyclic) bond motifs is 3. The van der Waals surface area contributed by atoms with Crippen molar-refractivity contribution in [1.82, 2.24) is 5.32 Å². The maximum absolute atomic E-state index is 6.49. The molecule has 0 radical (unpaired) electrons. The maximum Gasteiger partial charge on any atom is 0.166 e. The zero-order valence-electron chi connectivity index (χ0n) is 11.7. The van der Waals surface area contributed by atoms with Crippen LogP contribution in [0.2, 0.25) is 5.02 Å². The summed E-state index contributed by atoms with van der Waals surface area (Å²) < 4.78 is 11.6. The number of halogens is 1. The second-order valence-electron chi connectivity index (χ2n) is 5.87. The fourth-order valence-corrected chi connectivity index (χ4v) is 3.79. The minimum Gasteiger partial charge on any atom is -0.486 e. The second kappa shape index (κ2) is 4.57. The summed E-state index contributed by atoms with van der Waals surface area (Å²) in [6.45, 7) is 8.75. The van der Waals surface area contributed by atoms with E-state index in [4.69, 9.17) is 21.1 Å². The van der Waals surface area contributed by atoms with Crippen LogP contribution in [0, 0.1) is 0 Å². The van der Waals surface area contributed by atoms with Gasteiger partial charge in [-0.25, -0.2) is 0 Å². The molecule has 104 valence electrons. The highest BCUT2D eigenvalue weighted by Crippen LogP contribution is 2.54. The van der Waals surface area contributed by atoms with Gasteiger partial charge in [0.05, 0.1) is 0 Å². The molecule has 0 saturated heterocycles. The van der Waals surface area contributed by atoms with Crippen molar-refractivity contribution >= 4 is 11.6 Å². The third-order valence-electron chi connectivity index (χ3n) is 4.01. The standard InChI is InChI=1S/C15H20ClNO2/c1-4-17-10-8-15(2,3)13-9(16)7-11-14(12(10)13)19-6-5-18-11/h7,10,17H,4-6,8H2,1-3H3. The summed E-state index contributed by atoms with van der Waals surface area (Å²) in [5.41, 5.74) is 2.48. The van der Waals surface area contributed by atoms with Gasteiger partial charge in [0, 0.05) is 22.7 Å². The van der Waals surface area contributed by atoms with Crippen molar-refractivity contribution in [2.75, 3.05) is 19.8 Å². The molecule has 3 rings (SSSR count). The molecule has 0 spiro atoms. The van der Waals surface area contributed by atoms with Crippen molar-refractivity contribution in [2.24, 2.45) is 0 Å². The van der Waals surface area contributed by atoms with Gasteiger partial charge in [-0.3, -0.25) is 0 Å². The Labute approximate surface area is 119 Å². The molecular weight excluding hydrogens is 262 g/mol. The van der Waals surface area contributed by atoms with E-state index in [1.807, 2.05) is 6.07 Å². The zero-order chi connectivity index (χ0) is 13.6. The normalized spacial score (nSPS) is 23.3. The largest absolute Gasteiger partial charge is 0.486 e. The summed E-state index contributed by atoms with van der Waals surface area (Å²) in [5.74, 6) is 1.68. The second-order valence-corrected chi connectivity index (χ2v) is 6.28. The van der Waals surface area contributed by atoms with Crippen LogP contribution in [-0.4, -0.2) is 19.8 Å². The van der Waals surface area contributed by atoms with Gasteiger partial charge in [-0.15, -0.1) is 0 Å². The first-order valence-electron chi connectivity index (χ1n) is 6.90. The van der Waals surface area contributed by atoms with E-state index >= 15 is 0 Å². The number of nitrogens with one attached hydrogen (secondary N) is 1. The smallest absolute Gasteiger partial charge is 0.166 e. The summed E-state index contributed by atoms with van der Waals surface area (Å²) in [4.78, 5) is 0. The minimum absolute atomic E-state index is 0.0646. The van der Waals surface area contributed by atoms with Gasteiger partial charge >= 0.3 is 0 Å². The van der Waals surface area contributed by atoms with Gasteiger partial charge in [0.1, 0.15) is 13.2 Å². The molecule has 0 bridgehead atoms. The monoisotopic (exact) mass is 281 g/mol. The highest BCUT2D eigenvalue weighted by molar-refractivity contribution is 6.32. The molecule has 0 fully saturated rings. The number of ether oxygens (including phenoxy) is 2. The van der Waals surface area contributed by atoms with Crippen LogP contribution < -0.4 is 14.8 Å². The summed E-state index contributed by atoms with van der Waals surface area (Å²) in [5, 5.41) is 4.34. The highest BCUT2D eigenvalue weighted by Gasteiger charge is 2.42. The minimum atomic E-state index is 0.0646. The van der Waals surface area contributed by atoms with Crippen LogP contribution in [0.4, 0.5) is 0 Å². The molecule has 1 aliphatic heterocycles. The van der Waals surface area contributed by atoms with Gasteiger partial charge in [-0.2, -0.15) is 0 Å². The molecular formula is C15H20ClNO2. The Balaban J connectivity index is 2.20. The predicted octanol–water partition coefficient (Wildman–Crippen LogP) is 3.44. The number of hydrogen-bond acceptors (Lipinski definition) is 3. The third kappa shape index (κ3) is 2.00. The van der Waals surface area contributed by atoms with Crippen LogP contribution in [0.25, 0.3) is 0 Å². The number of hydrogen-bond donors (Lipinski definition) is 1. The lowest BCUT2D eigenvalue weighted by Crippen LogP contribution is -2.22. The van der Waals surface area contributed by atoms with Crippen molar-refractivity contribution < 1.29 is 9.47 Å². The maximum atomic E-state index is 6.49. The molecule has 0 amide bonds. The van der Waals surface area contributed by atoms with Crippen molar-refractivity contribution in [1.29, 1.82) is 0 Å². The topological polar surface area (TPSA) is 30.5 Å². The van der Waals surface area contributed by atoms with Crippen LogP contribution >= 0.6 is 11.6 Å². The van der Waals surface area contributed by atoms with E-state index in [9.17, 15) is 0 Å². The van der Waals surface area contributed by atoms with Gasteiger partial charge in [-0.05, 0) is 23.9 Å². The first kappa shape index (κ1) is 13.1. The van der Waals surface area contributed by atoms with E-state index in [2.05, 4.69) is 26.1 Å². The SMILES string of the molecule is CCNC1CC(C)(C)c2c(Cl)cc3c(c21)OCCO3. The third-order valence-corrected chi connectivity index (χ3v) is 4.31. The van der Waals surface area contributed by atoms with Crippen molar-refractivity contribution in [3.63, 3.8) is 0 Å². The summed E-state index contributed by atoms with van der Waals surface area (Å²) in [7, 11) is 0. The Kier molecular flexibility index (Phi) is 3.14. The molecule has 1 aliphatic carbocycles. The van der Waals surface area contributed by atoms with E-state index in [1.54, 1.807) is 0 Å². The molecule has 1 atom stereocenters. The summed E-state index contributed by atoms with van der Waals surface area (Å²) in [6.07, 6.45) is 1.04. The lowest BCUT2D eigenvalue weighted by Gasteiger charge is -2.25. The van der Waals surface area contributed by atoms with Crippen LogP contribution in [0.1, 0.15) is 44.4 Å². The lowest BCUT2D eigenvalue weighted by molar-refractivity contribution is 0.169. The molecule has 2 aliphatic rings. The van der Waals surface area contributed by atoms with Gasteiger partial charge in [-0.1, -0.05) is 32.4 Å². The molecule has 1 aromatic rings. The molecule has 4 heteroatoms. The predicted molar refractivity (Wildman–Crippen MR) is 76.5 cm³/mol. The van der Waals surface area contributed by atoms with E-state index in [1.165, 1.54) is 11.1 Å². The molecule has 1 N–H and O–H groups in total. The van der Waals surface area contributed by atoms with Crippen molar-refractivity contribution in [3.8, 4) is 11.5 Å². The van der Waals surface area contributed by atoms with Crippen molar-refractivity contribution in [2.45, 2.75) is 38.6 Å². The fourth-order valence-electron chi connectivity index (χ4n) is 3.33. The van der Waals surface area contributed by atoms with Crippen LogP contribution in [0.3, 0.4) is 0 Å². The molecule has 3 nitrogen and oxygen atoms in total. The Morgan fingerprint density at radius 3 is 2.84 bits per heavy atom. The summed E-state index contributed by atoms with van der Waals surface area (Å²) in [6, 6.07) is 2.20. The average Bonchev–Trinajstić information content (AvgIpc) is 2.62. The van der Waals surface area contributed by atoms with Gasteiger partial charge in [0.15, 0.2) is 11.5 Å². The quantitative estimate of drug-likeness (QED) is 0.901. The fraction of sp³-hybridized carbons (Fsp3) is 0.600. The van der Waals surface area contributed by atoms with Crippen LogP contribution in [0.15, 0.2) is 6.07 Å². The van der Waals surface area contributed by atoms with E-state index in [0.717, 1.165) is 29.5 Å². The average molecular weight is 282 g/mol. The van der Waals surface area contributed by atoms with E-state index in [-0.39, 0.29) is 5.41 Å². The molecule has 1 heterocycles. The van der Waals surface area contributed by atoms with Crippen LogP contribution in [0.5, 0.6) is 11.5 Å². The molecule has 1 unspecified atom stereocenters. The molecule has 0 aromatic heterocycles. The summed E-state index contributed by atoms with van der Waals surface area (Å²) >= 11 is 6.49. The Hall–Kier alpha value is -0.930. The van der Waals surface area contributed by atoms with E-state index < -0.39 is 0 Å². The first-order chi connectivity index (χ1) is 9.04. The number of benzene rings is 1. The van der Waals surface area contributed by atoms with Crippen LogP contribution in [-0.2, 0) is 5.41 Å². The van der Waals surface area contributed by atoms with Gasteiger partial charge in [0.2, 0.25) is 0 Å². The van der Waals surface area contributed by atoms with Crippen molar-refractivity contribution in [3.05, 3.63) is 22.2 Å². The molecule has 0 saturated carbocycles. The Morgan fingerprint density at radius 2 is 2.11 bits per heavy atom. The Bertz CT molecular complexity index is 513. The Morgan fingerprint density at radius 1 is 1.37 bits per heavy atom.